The number of carboxylic acid groups (broad SMARTS) is 1. The van der Waals surface area contributed by atoms with Crippen molar-refractivity contribution >= 4 is 5.97 Å². The van der Waals surface area contributed by atoms with E-state index in [-0.39, 0.29) is 12.5 Å². The molecule has 2 aliphatic rings. The number of hydrogen-bond donors (Lipinski definition) is 2. The second-order valence-electron chi connectivity index (χ2n) is 5.63. The topological polar surface area (TPSA) is 57.5 Å². The Balaban J connectivity index is 2.03. The lowest BCUT2D eigenvalue weighted by Crippen LogP contribution is -2.36. The van der Waals surface area contributed by atoms with E-state index in [0.717, 1.165) is 25.7 Å². The highest BCUT2D eigenvalue weighted by Crippen LogP contribution is 2.44. The molecule has 3 nitrogen and oxygen atoms in total. The van der Waals surface area contributed by atoms with E-state index in [2.05, 4.69) is 19.1 Å². The van der Waals surface area contributed by atoms with Gasteiger partial charge in [0.15, 0.2) is 0 Å². The van der Waals surface area contributed by atoms with E-state index < -0.39 is 5.97 Å². The summed E-state index contributed by atoms with van der Waals surface area (Å²) < 4.78 is 0. The quantitative estimate of drug-likeness (QED) is 0.742. The van der Waals surface area contributed by atoms with Gasteiger partial charge in [-0.25, -0.2) is 0 Å². The molecule has 1 saturated carbocycles. The summed E-state index contributed by atoms with van der Waals surface area (Å²) >= 11 is 0. The van der Waals surface area contributed by atoms with Crippen LogP contribution in [0.15, 0.2) is 12.2 Å². The minimum atomic E-state index is -0.695. The van der Waals surface area contributed by atoms with E-state index in [9.17, 15) is 9.90 Å². The zero-order chi connectivity index (χ0) is 12.4. The second-order valence-corrected chi connectivity index (χ2v) is 5.63. The van der Waals surface area contributed by atoms with Crippen LogP contribution >= 0.6 is 0 Å². The van der Waals surface area contributed by atoms with Crippen molar-refractivity contribution in [3.63, 3.8) is 0 Å². The Morgan fingerprint density at radius 3 is 2.82 bits per heavy atom. The van der Waals surface area contributed by atoms with Crippen molar-refractivity contribution in [2.75, 3.05) is 0 Å². The highest BCUT2D eigenvalue weighted by Gasteiger charge is 2.37. The zero-order valence-corrected chi connectivity index (χ0v) is 10.4. The van der Waals surface area contributed by atoms with Gasteiger partial charge in [-0.15, -0.1) is 0 Å². The molecular formula is C14H22O3. The average molecular weight is 238 g/mol. The molecule has 0 bridgehead atoms. The fourth-order valence-corrected chi connectivity index (χ4v) is 3.58. The second kappa shape index (κ2) is 5.21. The van der Waals surface area contributed by atoms with Crippen LogP contribution in [0.2, 0.25) is 0 Å². The van der Waals surface area contributed by atoms with E-state index in [1.54, 1.807) is 0 Å². The predicted octanol–water partition coefficient (Wildman–Crippen LogP) is 2.45. The third-order valence-corrected chi connectivity index (χ3v) is 4.51. The van der Waals surface area contributed by atoms with Gasteiger partial charge in [-0.05, 0) is 49.4 Å². The van der Waals surface area contributed by atoms with Gasteiger partial charge in [0, 0.05) is 6.42 Å². The van der Waals surface area contributed by atoms with Crippen LogP contribution in [-0.2, 0) is 4.79 Å². The normalized spacial score (nSPS) is 40.9. The molecule has 2 N–H and O–H groups in total. The molecule has 0 amide bonds. The molecule has 0 aromatic rings. The highest BCUT2D eigenvalue weighted by molar-refractivity contribution is 5.66. The van der Waals surface area contributed by atoms with Crippen LogP contribution < -0.4 is 0 Å². The molecule has 0 aromatic heterocycles. The van der Waals surface area contributed by atoms with Crippen LogP contribution in [0.25, 0.3) is 0 Å². The summed E-state index contributed by atoms with van der Waals surface area (Å²) in [5, 5.41) is 18.5. The molecule has 96 valence electrons. The predicted molar refractivity (Wildman–Crippen MR) is 65.5 cm³/mol. The fourth-order valence-electron chi connectivity index (χ4n) is 3.58. The van der Waals surface area contributed by atoms with Crippen LogP contribution in [0, 0.1) is 23.7 Å². The number of aliphatic hydroxyl groups excluding tert-OH is 1. The van der Waals surface area contributed by atoms with Crippen molar-refractivity contribution in [2.24, 2.45) is 23.7 Å². The minimum absolute atomic E-state index is 0.158. The minimum Gasteiger partial charge on any atom is -0.481 e. The molecule has 5 atom stereocenters. The van der Waals surface area contributed by atoms with Gasteiger partial charge >= 0.3 is 5.97 Å². The van der Waals surface area contributed by atoms with Gasteiger partial charge in [-0.1, -0.05) is 19.1 Å². The number of aliphatic hydroxyl groups is 1. The third kappa shape index (κ3) is 2.89. The Kier molecular flexibility index (Phi) is 3.87. The van der Waals surface area contributed by atoms with Gasteiger partial charge in [0.2, 0.25) is 0 Å². The molecule has 0 unspecified atom stereocenters. The van der Waals surface area contributed by atoms with Crippen LogP contribution in [0.1, 0.15) is 39.0 Å². The third-order valence-electron chi connectivity index (χ3n) is 4.51. The summed E-state index contributed by atoms with van der Waals surface area (Å²) in [7, 11) is 0. The molecule has 0 aromatic carbocycles. The van der Waals surface area contributed by atoms with Gasteiger partial charge in [-0.3, -0.25) is 4.79 Å². The van der Waals surface area contributed by atoms with Gasteiger partial charge in [-0.2, -0.15) is 0 Å². The summed E-state index contributed by atoms with van der Waals surface area (Å²) in [6, 6.07) is 0. The Morgan fingerprint density at radius 1 is 1.35 bits per heavy atom. The van der Waals surface area contributed by atoms with Crippen molar-refractivity contribution in [1.29, 1.82) is 0 Å². The Morgan fingerprint density at radius 2 is 2.12 bits per heavy atom. The van der Waals surface area contributed by atoms with E-state index in [0.29, 0.717) is 23.7 Å². The first-order valence-electron chi connectivity index (χ1n) is 6.66. The number of allylic oxidation sites excluding steroid dienone is 2. The molecule has 1 fully saturated rings. The zero-order valence-electron chi connectivity index (χ0n) is 10.4. The monoisotopic (exact) mass is 238 g/mol. The first-order chi connectivity index (χ1) is 8.08. The van der Waals surface area contributed by atoms with E-state index in [1.807, 2.05) is 0 Å². The maximum Gasteiger partial charge on any atom is 0.303 e. The Labute approximate surface area is 103 Å². The summed E-state index contributed by atoms with van der Waals surface area (Å²) in [5.41, 5.74) is 0. The number of fused-ring (bicyclic) bond motifs is 1. The fraction of sp³-hybridized carbons (Fsp3) is 0.786. The Hall–Kier alpha value is -0.830. The van der Waals surface area contributed by atoms with Gasteiger partial charge in [0.05, 0.1) is 6.10 Å². The summed E-state index contributed by atoms with van der Waals surface area (Å²) in [5.74, 6) is 1.31. The molecule has 0 saturated heterocycles. The van der Waals surface area contributed by atoms with Crippen molar-refractivity contribution in [3.05, 3.63) is 12.2 Å². The SMILES string of the molecule is C[C@H]1C=C[C@H]2C[C@@H](O)CC[C@@H]2[C@H]1CCC(=O)O. The highest BCUT2D eigenvalue weighted by atomic mass is 16.4. The van der Waals surface area contributed by atoms with Crippen molar-refractivity contribution in [2.45, 2.75) is 45.1 Å². The first kappa shape index (κ1) is 12.6. The number of carboxylic acids is 1. The van der Waals surface area contributed by atoms with Crippen LogP contribution in [0.3, 0.4) is 0 Å². The number of aliphatic carboxylic acids is 1. The van der Waals surface area contributed by atoms with Crippen molar-refractivity contribution in [3.8, 4) is 0 Å². The molecule has 0 aliphatic heterocycles. The lowest BCUT2D eigenvalue weighted by atomic mass is 9.63. The number of carbonyl (C=O) groups is 1. The average Bonchev–Trinajstić information content (AvgIpc) is 2.27. The summed E-state index contributed by atoms with van der Waals surface area (Å²) in [4.78, 5) is 10.7. The standard InChI is InChI=1S/C14H22O3/c1-9-2-3-10-8-11(15)4-5-13(10)12(9)6-7-14(16)17/h2-3,9-13,15H,4-8H2,1H3,(H,16,17)/t9-,10-,11-,12-,13-/m0/s1. The van der Waals surface area contributed by atoms with Gasteiger partial charge < -0.3 is 10.2 Å². The van der Waals surface area contributed by atoms with Crippen LogP contribution in [0.5, 0.6) is 0 Å². The molecule has 0 heterocycles. The maximum absolute atomic E-state index is 10.7. The molecule has 0 spiro atoms. The lowest BCUT2D eigenvalue weighted by Gasteiger charge is -2.42. The van der Waals surface area contributed by atoms with E-state index in [4.69, 9.17) is 5.11 Å². The Bertz CT molecular complexity index is 311. The van der Waals surface area contributed by atoms with E-state index in [1.165, 1.54) is 0 Å². The lowest BCUT2D eigenvalue weighted by molar-refractivity contribution is -0.137. The largest absolute Gasteiger partial charge is 0.481 e. The van der Waals surface area contributed by atoms with Crippen LogP contribution in [-0.4, -0.2) is 22.3 Å². The molecule has 2 rings (SSSR count). The van der Waals surface area contributed by atoms with E-state index >= 15 is 0 Å². The summed E-state index contributed by atoms with van der Waals surface area (Å²) in [6.07, 6.45) is 8.13. The number of rotatable bonds is 3. The van der Waals surface area contributed by atoms with Crippen molar-refractivity contribution < 1.29 is 15.0 Å². The molecule has 0 radical (unpaired) electrons. The molecule has 17 heavy (non-hydrogen) atoms. The smallest absolute Gasteiger partial charge is 0.303 e. The summed E-state index contributed by atoms with van der Waals surface area (Å²) in [6.45, 7) is 2.18. The molecule has 3 heteroatoms. The van der Waals surface area contributed by atoms with Gasteiger partial charge in [0.25, 0.3) is 0 Å². The molecule has 2 aliphatic carbocycles. The first-order valence-corrected chi connectivity index (χ1v) is 6.66. The van der Waals surface area contributed by atoms with Crippen LogP contribution in [0.4, 0.5) is 0 Å². The molecular weight excluding hydrogens is 216 g/mol. The van der Waals surface area contributed by atoms with Crippen molar-refractivity contribution in [1.82, 2.24) is 0 Å². The number of hydrogen-bond acceptors (Lipinski definition) is 2. The van der Waals surface area contributed by atoms with Gasteiger partial charge in [0.1, 0.15) is 0 Å². The maximum atomic E-state index is 10.7.